The molecular formula is C21H24F3N3O3. The Labute approximate surface area is 172 Å². The number of hydrogen-bond acceptors (Lipinski definition) is 5. The molecule has 6 nitrogen and oxygen atoms in total. The molecule has 0 radical (unpaired) electrons. The van der Waals surface area contributed by atoms with Crippen LogP contribution in [0.2, 0.25) is 0 Å². The van der Waals surface area contributed by atoms with E-state index in [9.17, 15) is 22.8 Å². The maximum Gasteiger partial charge on any atom is 0.422 e. The van der Waals surface area contributed by atoms with Gasteiger partial charge in [-0.2, -0.15) is 13.2 Å². The van der Waals surface area contributed by atoms with Crippen molar-refractivity contribution in [3.8, 4) is 5.88 Å². The smallest absolute Gasteiger partial charge is 0.422 e. The minimum Gasteiger partial charge on any atom is -0.468 e. The summed E-state index contributed by atoms with van der Waals surface area (Å²) in [5.41, 5.74) is 1.91. The van der Waals surface area contributed by atoms with Crippen molar-refractivity contribution in [1.82, 2.24) is 15.3 Å². The van der Waals surface area contributed by atoms with Crippen LogP contribution in [0.15, 0.2) is 30.6 Å². The summed E-state index contributed by atoms with van der Waals surface area (Å²) in [6.45, 7) is 5.49. The fourth-order valence-corrected chi connectivity index (χ4v) is 2.60. The summed E-state index contributed by atoms with van der Waals surface area (Å²) in [5.74, 6) is -0.625. The lowest BCUT2D eigenvalue weighted by atomic mass is 10.0. The molecule has 0 fully saturated rings. The Balaban J connectivity index is 2.05. The molecule has 2 aromatic heterocycles. The Morgan fingerprint density at radius 2 is 1.87 bits per heavy atom. The number of hydrogen-bond donors (Lipinski definition) is 1. The third-order valence-corrected chi connectivity index (χ3v) is 4.35. The van der Waals surface area contributed by atoms with Gasteiger partial charge >= 0.3 is 6.18 Å². The van der Waals surface area contributed by atoms with Crippen LogP contribution in [0.1, 0.15) is 54.0 Å². The lowest BCUT2D eigenvalue weighted by Gasteiger charge is -2.16. The van der Waals surface area contributed by atoms with Crippen LogP contribution in [0.4, 0.5) is 13.2 Å². The Morgan fingerprint density at radius 3 is 2.47 bits per heavy atom. The van der Waals surface area contributed by atoms with E-state index < -0.39 is 18.7 Å². The third-order valence-electron chi connectivity index (χ3n) is 4.35. The summed E-state index contributed by atoms with van der Waals surface area (Å²) < 4.78 is 41.5. The van der Waals surface area contributed by atoms with Crippen LogP contribution >= 0.6 is 0 Å². The second-order valence-electron chi connectivity index (χ2n) is 7.32. The molecule has 162 valence electrons. The molecule has 1 atom stereocenters. The van der Waals surface area contributed by atoms with E-state index in [1.54, 1.807) is 25.3 Å². The zero-order valence-electron chi connectivity index (χ0n) is 17.2. The number of alkyl halides is 3. The minimum atomic E-state index is -4.47. The van der Waals surface area contributed by atoms with Gasteiger partial charge in [-0.3, -0.25) is 14.6 Å². The van der Waals surface area contributed by atoms with Crippen molar-refractivity contribution in [3.05, 3.63) is 53.0 Å². The van der Waals surface area contributed by atoms with Crippen LogP contribution in [0, 0.1) is 12.8 Å². The van der Waals surface area contributed by atoms with Gasteiger partial charge in [-0.1, -0.05) is 13.8 Å². The first kappa shape index (κ1) is 23.3. The Bertz CT molecular complexity index is 914. The zero-order valence-corrected chi connectivity index (χ0v) is 17.2. The topological polar surface area (TPSA) is 81.2 Å². The second kappa shape index (κ2) is 9.69. The van der Waals surface area contributed by atoms with E-state index in [-0.39, 0.29) is 35.6 Å². The van der Waals surface area contributed by atoms with Crippen LogP contribution in [-0.2, 0) is 11.2 Å². The van der Waals surface area contributed by atoms with Crippen LogP contribution < -0.4 is 10.1 Å². The molecule has 0 aliphatic carbocycles. The fourth-order valence-electron chi connectivity index (χ4n) is 2.60. The van der Waals surface area contributed by atoms with Crippen LogP contribution in [0.5, 0.6) is 5.88 Å². The van der Waals surface area contributed by atoms with Crippen molar-refractivity contribution in [1.29, 1.82) is 0 Å². The SMILES string of the molecule is Cc1cc(C(=O)NC(C)c2ccnc(CC(=O)C(C)C)c2)cnc1OCC(F)(F)F. The predicted octanol–water partition coefficient (Wildman–Crippen LogP) is 3.98. The number of amides is 1. The van der Waals surface area contributed by atoms with Gasteiger partial charge < -0.3 is 10.1 Å². The van der Waals surface area contributed by atoms with E-state index in [1.165, 1.54) is 19.2 Å². The normalized spacial score (nSPS) is 12.5. The van der Waals surface area contributed by atoms with Crippen LogP contribution in [-0.4, -0.2) is 34.4 Å². The largest absolute Gasteiger partial charge is 0.468 e. The predicted molar refractivity (Wildman–Crippen MR) is 104 cm³/mol. The summed E-state index contributed by atoms with van der Waals surface area (Å²) in [4.78, 5) is 32.5. The molecule has 0 saturated carbocycles. The molecule has 2 aromatic rings. The van der Waals surface area contributed by atoms with Gasteiger partial charge in [0.15, 0.2) is 6.61 Å². The van der Waals surface area contributed by atoms with Gasteiger partial charge in [0.05, 0.1) is 11.6 Å². The Morgan fingerprint density at radius 1 is 1.17 bits per heavy atom. The van der Waals surface area contributed by atoms with Crippen molar-refractivity contribution in [2.75, 3.05) is 6.61 Å². The molecular weight excluding hydrogens is 399 g/mol. The van der Waals surface area contributed by atoms with Crippen molar-refractivity contribution in [3.63, 3.8) is 0 Å². The summed E-state index contributed by atoms with van der Waals surface area (Å²) in [5, 5.41) is 2.81. The standard InChI is InChI=1S/C21H24F3N3O3/c1-12(2)18(28)9-17-8-15(5-6-25-17)14(4)27-19(29)16-7-13(3)20(26-10-16)30-11-21(22,23)24/h5-8,10,12,14H,9,11H2,1-4H3,(H,27,29). The van der Waals surface area contributed by atoms with E-state index >= 15 is 0 Å². The summed E-state index contributed by atoms with van der Waals surface area (Å²) in [6.07, 6.45) is -1.50. The maximum atomic E-state index is 12.5. The van der Waals surface area contributed by atoms with Crippen LogP contribution in [0.3, 0.4) is 0 Å². The van der Waals surface area contributed by atoms with Gasteiger partial charge in [0, 0.05) is 36.0 Å². The first-order chi connectivity index (χ1) is 14.0. The highest BCUT2D eigenvalue weighted by Crippen LogP contribution is 2.21. The van der Waals surface area contributed by atoms with Gasteiger partial charge in [0.2, 0.25) is 5.88 Å². The molecule has 2 heterocycles. The number of ketones is 1. The fraction of sp³-hybridized carbons (Fsp3) is 0.429. The first-order valence-corrected chi connectivity index (χ1v) is 9.41. The number of nitrogens with zero attached hydrogens (tertiary/aromatic N) is 2. The molecule has 0 aromatic carbocycles. The van der Waals surface area contributed by atoms with E-state index in [4.69, 9.17) is 0 Å². The van der Waals surface area contributed by atoms with E-state index in [0.717, 1.165) is 5.56 Å². The molecule has 30 heavy (non-hydrogen) atoms. The highest BCUT2D eigenvalue weighted by atomic mass is 19.4. The number of aryl methyl sites for hydroxylation is 1. The summed E-state index contributed by atoms with van der Waals surface area (Å²) in [6, 6.07) is 4.55. The maximum absolute atomic E-state index is 12.5. The third kappa shape index (κ3) is 6.82. The minimum absolute atomic E-state index is 0.0747. The lowest BCUT2D eigenvalue weighted by molar-refractivity contribution is -0.154. The molecule has 9 heteroatoms. The molecule has 0 spiro atoms. The Kier molecular flexibility index (Phi) is 7.53. The molecule has 0 bridgehead atoms. The second-order valence-corrected chi connectivity index (χ2v) is 7.32. The number of Topliss-reactive ketones (excluding diaryl/α,β-unsaturated/α-hetero) is 1. The average molecular weight is 423 g/mol. The van der Waals surface area contributed by atoms with E-state index in [2.05, 4.69) is 20.0 Å². The number of rotatable bonds is 8. The number of carbonyl (C=O) groups excluding carboxylic acids is 2. The molecule has 1 unspecified atom stereocenters. The first-order valence-electron chi connectivity index (χ1n) is 9.41. The molecule has 2 rings (SSSR count). The number of ether oxygens (including phenoxy) is 1. The number of halogens is 3. The number of carbonyl (C=O) groups is 2. The zero-order chi connectivity index (χ0) is 22.5. The van der Waals surface area contributed by atoms with Gasteiger partial charge in [0.1, 0.15) is 5.78 Å². The molecule has 0 aliphatic heterocycles. The molecule has 0 aliphatic rings. The highest BCUT2D eigenvalue weighted by Gasteiger charge is 2.29. The van der Waals surface area contributed by atoms with Gasteiger partial charge in [-0.25, -0.2) is 4.98 Å². The highest BCUT2D eigenvalue weighted by molar-refractivity contribution is 5.94. The van der Waals surface area contributed by atoms with Crippen molar-refractivity contribution >= 4 is 11.7 Å². The molecule has 1 N–H and O–H groups in total. The number of pyridine rings is 2. The summed E-state index contributed by atoms with van der Waals surface area (Å²) >= 11 is 0. The molecule has 0 saturated heterocycles. The molecule has 1 amide bonds. The van der Waals surface area contributed by atoms with Crippen molar-refractivity contribution in [2.45, 2.75) is 46.3 Å². The van der Waals surface area contributed by atoms with E-state index in [1.807, 2.05) is 13.8 Å². The number of nitrogens with one attached hydrogen (secondary N) is 1. The van der Waals surface area contributed by atoms with Gasteiger partial charge in [-0.15, -0.1) is 0 Å². The lowest BCUT2D eigenvalue weighted by Crippen LogP contribution is -2.27. The summed E-state index contributed by atoms with van der Waals surface area (Å²) in [7, 11) is 0. The van der Waals surface area contributed by atoms with Gasteiger partial charge in [0.25, 0.3) is 5.91 Å². The van der Waals surface area contributed by atoms with Gasteiger partial charge in [-0.05, 0) is 37.6 Å². The quantitative estimate of drug-likeness (QED) is 0.695. The van der Waals surface area contributed by atoms with Crippen molar-refractivity contribution in [2.24, 2.45) is 5.92 Å². The monoisotopic (exact) mass is 423 g/mol. The van der Waals surface area contributed by atoms with E-state index in [0.29, 0.717) is 11.3 Å². The number of aromatic nitrogens is 2. The van der Waals surface area contributed by atoms with Crippen LogP contribution in [0.25, 0.3) is 0 Å². The Hall–Kier alpha value is -2.97. The average Bonchev–Trinajstić information content (AvgIpc) is 2.66. The van der Waals surface area contributed by atoms with Crippen molar-refractivity contribution < 1.29 is 27.5 Å².